The molecule has 0 amide bonds. The summed E-state index contributed by atoms with van der Waals surface area (Å²) < 4.78 is 5.86. The Bertz CT molecular complexity index is 553. The zero-order chi connectivity index (χ0) is 14.5. The Kier molecular flexibility index (Phi) is 4.51. The van der Waals surface area contributed by atoms with Crippen LogP contribution in [-0.2, 0) is 0 Å². The molecule has 3 nitrogen and oxygen atoms in total. The Morgan fingerprint density at radius 3 is 2.67 bits per heavy atom. The second-order valence-electron chi connectivity index (χ2n) is 5.80. The van der Waals surface area contributed by atoms with Crippen LogP contribution in [0, 0.1) is 11.8 Å². The first-order valence-corrected chi connectivity index (χ1v) is 7.67. The minimum Gasteiger partial charge on any atom is -0.494 e. The zero-order valence-electron chi connectivity index (χ0n) is 12.5. The Hall–Kier alpha value is -1.87. The number of hydrogen-bond acceptors (Lipinski definition) is 3. The zero-order valence-corrected chi connectivity index (χ0v) is 12.5. The van der Waals surface area contributed by atoms with Crippen LogP contribution in [-0.4, -0.2) is 24.7 Å². The summed E-state index contributed by atoms with van der Waals surface area (Å²) in [6.45, 7) is 5.38. The molecule has 1 aliphatic heterocycles. The molecule has 21 heavy (non-hydrogen) atoms. The molecular weight excluding hydrogens is 260 g/mol. The molecular formula is C18H22N2O. The van der Waals surface area contributed by atoms with Crippen molar-refractivity contribution in [3.8, 4) is 16.9 Å². The highest BCUT2D eigenvalue weighted by Crippen LogP contribution is 2.23. The monoisotopic (exact) mass is 282 g/mol. The van der Waals surface area contributed by atoms with Gasteiger partial charge in [-0.15, -0.1) is 0 Å². The molecule has 2 aromatic rings. The second kappa shape index (κ2) is 6.72. The van der Waals surface area contributed by atoms with Crippen LogP contribution in [0.4, 0.5) is 0 Å². The van der Waals surface area contributed by atoms with E-state index in [0.717, 1.165) is 49.3 Å². The van der Waals surface area contributed by atoms with Gasteiger partial charge >= 0.3 is 0 Å². The lowest BCUT2D eigenvalue weighted by Crippen LogP contribution is -2.13. The van der Waals surface area contributed by atoms with E-state index in [0.29, 0.717) is 0 Å². The second-order valence-corrected chi connectivity index (χ2v) is 5.80. The standard InChI is InChI=1S/C18H22N2O/c1-14-11-20-12-16(14)8-10-21-18-6-4-15(5-7-18)17-3-2-9-19-13-17/h2-7,9,13-14,16,20H,8,10-12H2,1H3. The number of nitrogens with zero attached hydrogens (tertiary/aromatic N) is 1. The average molecular weight is 282 g/mol. The van der Waals surface area contributed by atoms with E-state index in [9.17, 15) is 0 Å². The van der Waals surface area contributed by atoms with Gasteiger partial charge in [-0.3, -0.25) is 4.98 Å². The molecule has 1 aliphatic rings. The highest BCUT2D eigenvalue weighted by molar-refractivity contribution is 5.62. The molecule has 2 unspecified atom stereocenters. The molecule has 1 aromatic heterocycles. The van der Waals surface area contributed by atoms with Crippen LogP contribution in [0.5, 0.6) is 5.75 Å². The maximum Gasteiger partial charge on any atom is 0.119 e. The van der Waals surface area contributed by atoms with E-state index >= 15 is 0 Å². The normalized spacial score (nSPS) is 21.4. The first-order chi connectivity index (χ1) is 10.3. The fourth-order valence-electron chi connectivity index (χ4n) is 2.86. The lowest BCUT2D eigenvalue weighted by atomic mass is 9.95. The van der Waals surface area contributed by atoms with E-state index < -0.39 is 0 Å². The fraction of sp³-hybridized carbons (Fsp3) is 0.389. The van der Waals surface area contributed by atoms with Crippen LogP contribution in [0.3, 0.4) is 0 Å². The summed E-state index contributed by atoms with van der Waals surface area (Å²) in [7, 11) is 0. The number of nitrogens with one attached hydrogen (secondary N) is 1. The molecule has 1 N–H and O–H groups in total. The minimum atomic E-state index is 0.750. The van der Waals surface area contributed by atoms with Crippen LogP contribution < -0.4 is 10.1 Å². The third-order valence-corrected chi connectivity index (χ3v) is 4.28. The van der Waals surface area contributed by atoms with E-state index in [-0.39, 0.29) is 0 Å². The molecule has 2 heterocycles. The summed E-state index contributed by atoms with van der Waals surface area (Å²) in [6, 6.07) is 12.3. The molecule has 0 aliphatic carbocycles. The minimum absolute atomic E-state index is 0.750. The van der Waals surface area contributed by atoms with E-state index in [4.69, 9.17) is 4.74 Å². The van der Waals surface area contributed by atoms with Crippen molar-refractivity contribution in [2.24, 2.45) is 11.8 Å². The smallest absolute Gasteiger partial charge is 0.119 e. The summed E-state index contributed by atoms with van der Waals surface area (Å²) in [4.78, 5) is 4.15. The number of hydrogen-bond donors (Lipinski definition) is 1. The number of aromatic nitrogens is 1. The van der Waals surface area contributed by atoms with Crippen molar-refractivity contribution in [2.45, 2.75) is 13.3 Å². The molecule has 2 atom stereocenters. The van der Waals surface area contributed by atoms with Gasteiger partial charge in [0.05, 0.1) is 6.61 Å². The molecule has 3 heteroatoms. The Morgan fingerprint density at radius 2 is 2.00 bits per heavy atom. The summed E-state index contributed by atoms with van der Waals surface area (Å²) in [5.41, 5.74) is 2.30. The number of rotatable bonds is 5. The van der Waals surface area contributed by atoms with Crippen LogP contribution in [0.25, 0.3) is 11.1 Å². The van der Waals surface area contributed by atoms with Gasteiger partial charge in [0.15, 0.2) is 0 Å². The molecule has 0 spiro atoms. The van der Waals surface area contributed by atoms with E-state index in [1.54, 1.807) is 6.20 Å². The van der Waals surface area contributed by atoms with E-state index in [1.807, 2.05) is 24.4 Å². The lowest BCUT2D eigenvalue weighted by molar-refractivity contribution is 0.266. The fourth-order valence-corrected chi connectivity index (χ4v) is 2.86. The maximum atomic E-state index is 5.86. The van der Waals surface area contributed by atoms with Gasteiger partial charge in [0.1, 0.15) is 5.75 Å². The largest absolute Gasteiger partial charge is 0.494 e. The number of pyridine rings is 1. The predicted molar refractivity (Wildman–Crippen MR) is 85.3 cm³/mol. The summed E-state index contributed by atoms with van der Waals surface area (Å²) in [5.74, 6) is 2.46. The van der Waals surface area contributed by atoms with Crippen LogP contribution in [0.15, 0.2) is 48.8 Å². The van der Waals surface area contributed by atoms with Gasteiger partial charge < -0.3 is 10.1 Å². The maximum absolute atomic E-state index is 5.86. The summed E-state index contributed by atoms with van der Waals surface area (Å²) in [5, 5.41) is 3.43. The van der Waals surface area contributed by atoms with Gasteiger partial charge in [-0.05, 0) is 60.7 Å². The molecule has 0 saturated carbocycles. The van der Waals surface area contributed by atoms with Gasteiger partial charge in [-0.2, -0.15) is 0 Å². The molecule has 3 rings (SSSR count). The topological polar surface area (TPSA) is 34.1 Å². The predicted octanol–water partition coefficient (Wildman–Crippen LogP) is 3.37. The van der Waals surface area contributed by atoms with Gasteiger partial charge in [0.25, 0.3) is 0 Å². The molecule has 1 saturated heterocycles. The summed E-state index contributed by atoms with van der Waals surface area (Å²) >= 11 is 0. The third-order valence-electron chi connectivity index (χ3n) is 4.28. The Morgan fingerprint density at radius 1 is 1.14 bits per heavy atom. The molecule has 0 bridgehead atoms. The van der Waals surface area contributed by atoms with Crippen molar-refractivity contribution in [3.63, 3.8) is 0 Å². The van der Waals surface area contributed by atoms with Gasteiger partial charge in [-0.1, -0.05) is 25.1 Å². The first kappa shape index (κ1) is 14.1. The highest BCUT2D eigenvalue weighted by Gasteiger charge is 2.22. The van der Waals surface area contributed by atoms with Crippen molar-refractivity contribution >= 4 is 0 Å². The third kappa shape index (κ3) is 3.61. The number of benzene rings is 1. The Balaban J connectivity index is 1.53. The molecule has 1 aromatic carbocycles. The van der Waals surface area contributed by atoms with Gasteiger partial charge in [0, 0.05) is 12.4 Å². The molecule has 1 fully saturated rings. The number of ether oxygens (including phenoxy) is 1. The van der Waals surface area contributed by atoms with Crippen molar-refractivity contribution in [1.82, 2.24) is 10.3 Å². The van der Waals surface area contributed by atoms with Crippen molar-refractivity contribution in [1.29, 1.82) is 0 Å². The van der Waals surface area contributed by atoms with E-state index in [2.05, 4.69) is 35.4 Å². The Labute approximate surface area is 126 Å². The van der Waals surface area contributed by atoms with Gasteiger partial charge in [0.2, 0.25) is 0 Å². The van der Waals surface area contributed by atoms with Crippen molar-refractivity contribution < 1.29 is 4.74 Å². The SMILES string of the molecule is CC1CNCC1CCOc1ccc(-c2cccnc2)cc1. The lowest BCUT2D eigenvalue weighted by Gasteiger charge is -2.14. The summed E-state index contributed by atoms with van der Waals surface area (Å²) in [6.07, 6.45) is 4.79. The van der Waals surface area contributed by atoms with E-state index in [1.165, 1.54) is 5.56 Å². The van der Waals surface area contributed by atoms with Crippen molar-refractivity contribution in [3.05, 3.63) is 48.8 Å². The highest BCUT2D eigenvalue weighted by atomic mass is 16.5. The van der Waals surface area contributed by atoms with Crippen LogP contribution in [0.1, 0.15) is 13.3 Å². The first-order valence-electron chi connectivity index (χ1n) is 7.67. The van der Waals surface area contributed by atoms with Crippen LogP contribution >= 0.6 is 0 Å². The van der Waals surface area contributed by atoms with Crippen LogP contribution in [0.2, 0.25) is 0 Å². The molecule has 110 valence electrons. The van der Waals surface area contributed by atoms with Gasteiger partial charge in [-0.25, -0.2) is 0 Å². The van der Waals surface area contributed by atoms with Crippen molar-refractivity contribution in [2.75, 3.05) is 19.7 Å². The average Bonchev–Trinajstić information content (AvgIpc) is 2.94. The molecule has 0 radical (unpaired) electrons. The quantitative estimate of drug-likeness (QED) is 0.913.